The Kier molecular flexibility index (Phi) is 6.66. The molecule has 5 nitrogen and oxygen atoms in total. The summed E-state index contributed by atoms with van der Waals surface area (Å²) >= 11 is 1.00. The van der Waals surface area contributed by atoms with Gasteiger partial charge in [-0.15, -0.1) is 11.3 Å². The van der Waals surface area contributed by atoms with E-state index < -0.39 is 27.5 Å². The third-order valence-corrected chi connectivity index (χ3v) is 7.68. The van der Waals surface area contributed by atoms with Crippen LogP contribution in [0.1, 0.15) is 24.3 Å². The van der Waals surface area contributed by atoms with Gasteiger partial charge >= 0.3 is 12.1 Å². The molecular formula is C22H19F3O5S2. The number of alkyl halides is 3. The Labute approximate surface area is 187 Å². The lowest BCUT2D eigenvalue weighted by atomic mass is 10.0. The monoisotopic (exact) mass is 484 g/mol. The maximum absolute atomic E-state index is 13.3. The predicted octanol–water partition coefficient (Wildman–Crippen LogP) is 5.90. The third-order valence-electron chi connectivity index (χ3n) is 4.42. The molecule has 0 saturated heterocycles. The Bertz CT molecular complexity index is 1240. The Balaban J connectivity index is 2.03. The number of carbonyl (C=O) groups excluding carboxylic acids is 1. The summed E-state index contributed by atoms with van der Waals surface area (Å²) in [6, 6.07) is 9.93. The molecule has 0 amide bonds. The van der Waals surface area contributed by atoms with Crippen LogP contribution in [0.5, 0.6) is 11.5 Å². The Morgan fingerprint density at radius 1 is 1.03 bits per heavy atom. The van der Waals surface area contributed by atoms with E-state index in [-0.39, 0.29) is 27.2 Å². The fourth-order valence-electron chi connectivity index (χ4n) is 3.00. The molecule has 0 aliphatic carbocycles. The van der Waals surface area contributed by atoms with Crippen molar-refractivity contribution in [1.29, 1.82) is 0 Å². The highest BCUT2D eigenvalue weighted by atomic mass is 32.2. The number of rotatable bonds is 6. The summed E-state index contributed by atoms with van der Waals surface area (Å²) in [5.74, 6) is -0.363. The number of carbonyl (C=O) groups is 1. The number of sulfone groups is 1. The normalized spacial score (nSPS) is 11.9. The smallest absolute Gasteiger partial charge is 0.416 e. The largest absolute Gasteiger partial charge is 0.494 e. The van der Waals surface area contributed by atoms with Crippen LogP contribution in [0.3, 0.4) is 0 Å². The third kappa shape index (κ3) is 5.13. The molecule has 2 aromatic carbocycles. The molecule has 0 aliphatic heterocycles. The van der Waals surface area contributed by atoms with Gasteiger partial charge in [-0.05, 0) is 49.2 Å². The predicted molar refractivity (Wildman–Crippen MR) is 114 cm³/mol. The van der Waals surface area contributed by atoms with E-state index in [9.17, 15) is 26.4 Å². The topological polar surface area (TPSA) is 69.7 Å². The first-order valence-electron chi connectivity index (χ1n) is 9.41. The molecule has 0 radical (unpaired) electrons. The summed E-state index contributed by atoms with van der Waals surface area (Å²) in [4.78, 5) is 11.8. The number of esters is 1. The summed E-state index contributed by atoms with van der Waals surface area (Å²) in [6.45, 7) is 4.89. The first-order chi connectivity index (χ1) is 14.9. The molecule has 0 atom stereocenters. The molecular weight excluding hydrogens is 465 g/mol. The Morgan fingerprint density at radius 3 is 2.22 bits per heavy atom. The van der Waals surface area contributed by atoms with E-state index in [1.54, 1.807) is 13.8 Å². The van der Waals surface area contributed by atoms with Gasteiger partial charge in [0.1, 0.15) is 15.7 Å². The summed E-state index contributed by atoms with van der Waals surface area (Å²) in [7, 11) is -4.01. The van der Waals surface area contributed by atoms with Crippen LogP contribution < -0.4 is 9.47 Å². The van der Waals surface area contributed by atoms with E-state index in [0.717, 1.165) is 23.5 Å². The van der Waals surface area contributed by atoms with Crippen LogP contribution in [-0.2, 0) is 20.8 Å². The van der Waals surface area contributed by atoms with Gasteiger partial charge in [-0.25, -0.2) is 8.42 Å². The van der Waals surface area contributed by atoms with E-state index in [1.807, 2.05) is 0 Å². The lowest BCUT2D eigenvalue weighted by molar-refractivity contribution is -0.137. The van der Waals surface area contributed by atoms with Gasteiger partial charge < -0.3 is 9.47 Å². The molecule has 0 N–H and O–H groups in total. The minimum atomic E-state index is -4.46. The van der Waals surface area contributed by atoms with Crippen LogP contribution in [0.4, 0.5) is 13.2 Å². The highest BCUT2D eigenvalue weighted by Gasteiger charge is 2.30. The Morgan fingerprint density at radius 2 is 1.66 bits per heavy atom. The van der Waals surface area contributed by atoms with Gasteiger partial charge in [0, 0.05) is 23.9 Å². The van der Waals surface area contributed by atoms with Crippen molar-refractivity contribution < 1.29 is 35.9 Å². The van der Waals surface area contributed by atoms with E-state index in [4.69, 9.17) is 9.47 Å². The molecule has 170 valence electrons. The molecule has 0 bridgehead atoms. The van der Waals surface area contributed by atoms with Crippen LogP contribution in [0.25, 0.3) is 11.1 Å². The maximum atomic E-state index is 13.3. The molecule has 0 unspecified atom stereocenters. The van der Waals surface area contributed by atoms with Crippen molar-refractivity contribution in [2.45, 2.75) is 36.1 Å². The summed E-state index contributed by atoms with van der Waals surface area (Å²) in [5, 5.41) is 0. The van der Waals surface area contributed by atoms with Gasteiger partial charge in [0.15, 0.2) is 0 Å². The van der Waals surface area contributed by atoms with Crippen LogP contribution in [0.15, 0.2) is 57.6 Å². The van der Waals surface area contributed by atoms with E-state index in [0.29, 0.717) is 16.0 Å². The summed E-state index contributed by atoms with van der Waals surface area (Å²) in [5.41, 5.74) is 0.202. The van der Waals surface area contributed by atoms with Gasteiger partial charge in [0.05, 0.1) is 17.1 Å². The van der Waals surface area contributed by atoms with Gasteiger partial charge in [-0.3, -0.25) is 4.79 Å². The van der Waals surface area contributed by atoms with Crippen LogP contribution in [0, 0.1) is 6.92 Å². The highest BCUT2D eigenvalue weighted by molar-refractivity contribution is 7.93. The number of thiophene rings is 1. The zero-order valence-corrected chi connectivity index (χ0v) is 19.0. The van der Waals surface area contributed by atoms with Crippen LogP contribution in [-0.4, -0.2) is 21.0 Å². The minimum absolute atomic E-state index is 0.00678. The lowest BCUT2D eigenvalue weighted by Gasteiger charge is -2.10. The van der Waals surface area contributed by atoms with Gasteiger partial charge in [0.2, 0.25) is 9.84 Å². The fourth-order valence-corrected chi connectivity index (χ4v) is 5.92. The van der Waals surface area contributed by atoms with Crippen molar-refractivity contribution in [3.8, 4) is 22.6 Å². The zero-order valence-electron chi connectivity index (χ0n) is 17.3. The number of benzene rings is 2. The number of hydrogen-bond acceptors (Lipinski definition) is 6. The molecule has 0 aliphatic rings. The second-order valence-corrected chi connectivity index (χ2v) is 10.2. The van der Waals surface area contributed by atoms with Gasteiger partial charge in [0.25, 0.3) is 0 Å². The van der Waals surface area contributed by atoms with E-state index >= 15 is 0 Å². The first-order valence-corrected chi connectivity index (χ1v) is 11.7. The van der Waals surface area contributed by atoms with Crippen LogP contribution >= 0.6 is 11.3 Å². The van der Waals surface area contributed by atoms with Crippen molar-refractivity contribution in [3.63, 3.8) is 0 Å². The van der Waals surface area contributed by atoms with Crippen molar-refractivity contribution in [1.82, 2.24) is 0 Å². The van der Waals surface area contributed by atoms with Crippen LogP contribution in [0.2, 0.25) is 0 Å². The SMILES string of the molecule is CCOc1cc(OC(C)=O)cc(S(=O)(=O)c2cc(-c3ccc(C(F)(F)F)cc3)c(C)s2)c1. The molecule has 1 aromatic heterocycles. The maximum Gasteiger partial charge on any atom is 0.416 e. The number of aryl methyl sites for hydroxylation is 1. The number of ether oxygens (including phenoxy) is 2. The second-order valence-electron chi connectivity index (χ2n) is 6.78. The average Bonchev–Trinajstić information content (AvgIpc) is 3.09. The van der Waals surface area contributed by atoms with Gasteiger partial charge in [-0.1, -0.05) is 12.1 Å². The van der Waals surface area contributed by atoms with E-state index in [1.165, 1.54) is 43.3 Å². The molecule has 10 heteroatoms. The lowest BCUT2D eigenvalue weighted by Crippen LogP contribution is -2.05. The molecule has 32 heavy (non-hydrogen) atoms. The van der Waals surface area contributed by atoms with Crippen molar-refractivity contribution >= 4 is 27.1 Å². The van der Waals surface area contributed by atoms with E-state index in [2.05, 4.69) is 0 Å². The second kappa shape index (κ2) is 8.95. The standard InChI is InChI=1S/C22H19F3O5S2/c1-4-29-17-9-18(30-14(3)26)11-19(10-17)32(27,28)21-12-20(13(2)31-21)15-5-7-16(8-6-15)22(23,24)25/h5-12H,4H2,1-3H3. The molecule has 3 rings (SSSR count). The van der Waals surface area contributed by atoms with Crippen molar-refractivity contribution in [2.75, 3.05) is 6.61 Å². The summed E-state index contributed by atoms with van der Waals surface area (Å²) in [6.07, 6.45) is -4.46. The number of halogens is 3. The van der Waals surface area contributed by atoms with Crippen molar-refractivity contribution in [2.24, 2.45) is 0 Å². The molecule has 1 heterocycles. The molecule has 0 spiro atoms. The number of hydrogen-bond donors (Lipinski definition) is 0. The molecule has 3 aromatic rings. The quantitative estimate of drug-likeness (QED) is 0.322. The molecule has 0 fully saturated rings. The minimum Gasteiger partial charge on any atom is -0.494 e. The zero-order chi connectivity index (χ0) is 23.7. The fraction of sp³-hybridized carbons (Fsp3) is 0.227. The van der Waals surface area contributed by atoms with Gasteiger partial charge in [-0.2, -0.15) is 13.2 Å². The van der Waals surface area contributed by atoms with Crippen molar-refractivity contribution in [3.05, 3.63) is 59.0 Å². The first kappa shape index (κ1) is 23.8. The Hall–Kier alpha value is -2.85. The average molecular weight is 485 g/mol. The molecule has 0 saturated carbocycles. The highest BCUT2D eigenvalue weighted by Crippen LogP contribution is 2.39. The summed E-state index contributed by atoms with van der Waals surface area (Å²) < 4.78 is 75.5.